The zero-order valence-corrected chi connectivity index (χ0v) is 10.2. The molecule has 0 aliphatic carbocycles. The van der Waals surface area contributed by atoms with Gasteiger partial charge in [-0.25, -0.2) is 17.2 Å². The Hall–Kier alpha value is -1.01. The number of hydrogen-bond donors (Lipinski definition) is 1. The Kier molecular flexibility index (Phi) is 4.59. The van der Waals surface area contributed by atoms with Crippen LogP contribution in [0.1, 0.15) is 24.2 Å². The lowest BCUT2D eigenvalue weighted by Crippen LogP contribution is -2.19. The van der Waals surface area contributed by atoms with Gasteiger partial charge in [0.1, 0.15) is 11.6 Å². The van der Waals surface area contributed by atoms with Gasteiger partial charge in [-0.15, -0.1) is 0 Å². The van der Waals surface area contributed by atoms with Crippen LogP contribution in [0.2, 0.25) is 0 Å². The van der Waals surface area contributed by atoms with Crippen LogP contribution in [0.4, 0.5) is 8.78 Å². The van der Waals surface area contributed by atoms with Gasteiger partial charge in [0.05, 0.1) is 17.6 Å². The van der Waals surface area contributed by atoms with Crippen molar-refractivity contribution in [2.45, 2.75) is 18.6 Å². The highest BCUT2D eigenvalue weighted by Crippen LogP contribution is 2.28. The zero-order chi connectivity index (χ0) is 13.1. The molecule has 3 nitrogen and oxygen atoms in total. The molecule has 1 aromatic carbocycles. The number of aliphatic hydroxyl groups excluding tert-OH is 1. The van der Waals surface area contributed by atoms with Crippen molar-refractivity contribution in [3.05, 3.63) is 35.4 Å². The van der Waals surface area contributed by atoms with Crippen LogP contribution in [0.25, 0.3) is 0 Å². The lowest BCUT2D eigenvalue weighted by Gasteiger charge is -2.16. The van der Waals surface area contributed by atoms with Gasteiger partial charge in [0.15, 0.2) is 9.84 Å². The van der Waals surface area contributed by atoms with Crippen LogP contribution >= 0.6 is 0 Å². The fourth-order valence-electron chi connectivity index (χ4n) is 1.70. The van der Waals surface area contributed by atoms with Crippen LogP contribution in [0.15, 0.2) is 18.2 Å². The van der Waals surface area contributed by atoms with E-state index in [0.717, 1.165) is 12.1 Å². The maximum absolute atomic E-state index is 13.5. The molecule has 1 atom stereocenters. The van der Waals surface area contributed by atoms with Crippen LogP contribution in [-0.2, 0) is 9.84 Å². The van der Waals surface area contributed by atoms with Gasteiger partial charge in [0.2, 0.25) is 0 Å². The van der Waals surface area contributed by atoms with Gasteiger partial charge in [0.25, 0.3) is 0 Å². The average Bonchev–Trinajstić information content (AvgIpc) is 2.21. The smallest absolute Gasteiger partial charge is 0.159 e. The van der Waals surface area contributed by atoms with Gasteiger partial charge in [-0.3, -0.25) is 0 Å². The Morgan fingerprint density at radius 1 is 1.35 bits per heavy atom. The molecule has 0 radical (unpaired) electrons. The minimum atomic E-state index is -3.62. The predicted molar refractivity (Wildman–Crippen MR) is 60.3 cm³/mol. The molecule has 0 bridgehead atoms. The molecule has 1 N–H and O–H groups in total. The van der Waals surface area contributed by atoms with Gasteiger partial charge in [-0.2, -0.15) is 0 Å². The van der Waals surface area contributed by atoms with Crippen LogP contribution in [0.5, 0.6) is 0 Å². The molecular formula is C11H14F2O3S. The molecule has 0 aromatic heterocycles. The molecule has 0 saturated heterocycles. The summed E-state index contributed by atoms with van der Waals surface area (Å²) in [5, 5.41) is 7.63. The molecule has 0 aliphatic rings. The minimum Gasteiger partial charge on any atom is -0.395 e. The predicted octanol–water partition coefficient (Wildman–Crippen LogP) is 1.82. The first-order valence-electron chi connectivity index (χ1n) is 5.19. The van der Waals surface area contributed by atoms with Crippen molar-refractivity contribution in [2.24, 2.45) is 0 Å². The molecule has 6 heteroatoms. The topological polar surface area (TPSA) is 54.4 Å². The zero-order valence-electron chi connectivity index (χ0n) is 9.36. The van der Waals surface area contributed by atoms with Crippen molar-refractivity contribution in [3.63, 3.8) is 0 Å². The second-order valence-corrected chi connectivity index (χ2v) is 5.96. The summed E-state index contributed by atoms with van der Waals surface area (Å²) in [6.07, 6.45) is 0.172. The fraction of sp³-hybridized carbons (Fsp3) is 0.455. The number of rotatable bonds is 5. The van der Waals surface area contributed by atoms with Crippen molar-refractivity contribution in [3.8, 4) is 0 Å². The molecule has 0 saturated carbocycles. The van der Waals surface area contributed by atoms with E-state index in [1.807, 2.05) is 0 Å². The molecule has 96 valence electrons. The molecule has 0 aliphatic heterocycles. The number of sulfone groups is 1. The van der Waals surface area contributed by atoms with E-state index in [-0.39, 0.29) is 12.0 Å². The standard InChI is InChI=1S/C11H14F2O3S/c1-2-11(17(15,16)6-5-14)9-4-3-8(12)7-10(9)13/h3-4,7,11,14H,2,5-6H2,1H3/t11-/m1/s1. The lowest BCUT2D eigenvalue weighted by atomic mass is 10.1. The summed E-state index contributed by atoms with van der Waals surface area (Å²) in [4.78, 5) is 0. The molecule has 0 unspecified atom stereocenters. The first kappa shape index (κ1) is 14.1. The Morgan fingerprint density at radius 2 is 2.00 bits per heavy atom. The van der Waals surface area contributed by atoms with E-state index >= 15 is 0 Å². The number of halogens is 2. The van der Waals surface area contributed by atoms with Crippen LogP contribution < -0.4 is 0 Å². The van der Waals surface area contributed by atoms with Crippen LogP contribution in [0, 0.1) is 11.6 Å². The second kappa shape index (κ2) is 5.55. The molecule has 1 aromatic rings. The van der Waals surface area contributed by atoms with E-state index in [1.54, 1.807) is 6.92 Å². The van der Waals surface area contributed by atoms with Crippen LogP contribution in [-0.4, -0.2) is 25.9 Å². The van der Waals surface area contributed by atoms with Gasteiger partial charge in [-0.05, 0) is 12.5 Å². The van der Waals surface area contributed by atoms with Gasteiger partial charge in [0, 0.05) is 11.6 Å². The highest BCUT2D eigenvalue weighted by molar-refractivity contribution is 7.91. The number of benzene rings is 1. The Balaban J connectivity index is 3.19. The molecule has 0 fully saturated rings. The van der Waals surface area contributed by atoms with Crippen LogP contribution in [0.3, 0.4) is 0 Å². The van der Waals surface area contributed by atoms with Crippen molar-refractivity contribution in [1.82, 2.24) is 0 Å². The Morgan fingerprint density at radius 3 is 2.47 bits per heavy atom. The summed E-state index contributed by atoms with van der Waals surface area (Å²) in [6, 6.07) is 2.82. The Bertz CT molecular complexity index is 485. The van der Waals surface area contributed by atoms with Gasteiger partial charge >= 0.3 is 0 Å². The molecular weight excluding hydrogens is 250 g/mol. The van der Waals surface area contributed by atoms with Crippen molar-refractivity contribution in [1.29, 1.82) is 0 Å². The minimum absolute atomic E-state index is 0.0534. The van der Waals surface area contributed by atoms with Crippen molar-refractivity contribution >= 4 is 9.84 Å². The highest BCUT2D eigenvalue weighted by Gasteiger charge is 2.27. The maximum Gasteiger partial charge on any atom is 0.159 e. The third kappa shape index (κ3) is 3.23. The van der Waals surface area contributed by atoms with E-state index < -0.39 is 39.1 Å². The first-order valence-corrected chi connectivity index (χ1v) is 6.91. The SMILES string of the molecule is CC[C@H](c1ccc(F)cc1F)S(=O)(=O)CCO. The van der Waals surface area contributed by atoms with Crippen molar-refractivity contribution in [2.75, 3.05) is 12.4 Å². The average molecular weight is 264 g/mol. The van der Waals surface area contributed by atoms with E-state index in [0.29, 0.717) is 6.07 Å². The molecule has 1 rings (SSSR count). The van der Waals surface area contributed by atoms with E-state index in [4.69, 9.17) is 5.11 Å². The fourth-order valence-corrected chi connectivity index (χ4v) is 3.32. The lowest BCUT2D eigenvalue weighted by molar-refractivity contribution is 0.319. The summed E-state index contributed by atoms with van der Waals surface area (Å²) < 4.78 is 49.8. The molecule has 0 amide bonds. The monoisotopic (exact) mass is 264 g/mol. The summed E-state index contributed by atoms with van der Waals surface area (Å²) in [7, 11) is -3.62. The van der Waals surface area contributed by atoms with Gasteiger partial charge < -0.3 is 5.11 Å². The summed E-state index contributed by atoms with van der Waals surface area (Å²) in [6.45, 7) is 1.09. The van der Waals surface area contributed by atoms with Crippen molar-refractivity contribution < 1.29 is 22.3 Å². The normalized spacial score (nSPS) is 13.6. The molecule has 17 heavy (non-hydrogen) atoms. The number of hydrogen-bond acceptors (Lipinski definition) is 3. The first-order chi connectivity index (χ1) is 7.92. The Labute approximate surface area is 99.0 Å². The third-order valence-corrected chi connectivity index (χ3v) is 4.70. The summed E-state index contributed by atoms with van der Waals surface area (Å²) in [5.74, 6) is -2.05. The molecule has 0 spiro atoms. The van der Waals surface area contributed by atoms with E-state index in [9.17, 15) is 17.2 Å². The second-order valence-electron chi connectivity index (χ2n) is 3.65. The van der Waals surface area contributed by atoms with E-state index in [2.05, 4.69) is 0 Å². The summed E-state index contributed by atoms with van der Waals surface area (Å²) in [5.41, 5.74) is -0.0534. The van der Waals surface area contributed by atoms with E-state index in [1.165, 1.54) is 0 Å². The number of aliphatic hydroxyl groups is 1. The third-order valence-electron chi connectivity index (χ3n) is 2.49. The maximum atomic E-state index is 13.5. The largest absolute Gasteiger partial charge is 0.395 e. The summed E-state index contributed by atoms with van der Waals surface area (Å²) >= 11 is 0. The van der Waals surface area contributed by atoms with Gasteiger partial charge in [-0.1, -0.05) is 13.0 Å². The highest BCUT2D eigenvalue weighted by atomic mass is 32.2. The quantitative estimate of drug-likeness (QED) is 0.882. The molecule has 0 heterocycles.